The van der Waals surface area contributed by atoms with Gasteiger partial charge in [0.2, 0.25) is 0 Å². The minimum Gasteiger partial charge on any atom is -0.0986 e. The largest absolute Gasteiger partial charge is 0.0986 e. The molecule has 0 N–H and O–H groups in total. The lowest BCUT2D eigenvalue weighted by molar-refractivity contribution is 0.231. The number of benzene rings is 2. The van der Waals surface area contributed by atoms with Crippen molar-refractivity contribution in [1.29, 1.82) is 0 Å². The van der Waals surface area contributed by atoms with Gasteiger partial charge in [0.15, 0.2) is 0 Å². The first-order valence-electron chi connectivity index (χ1n) is 16.5. The van der Waals surface area contributed by atoms with E-state index < -0.39 is 0 Å². The second kappa shape index (κ2) is 10.9. The molecule has 2 saturated carbocycles. The van der Waals surface area contributed by atoms with Crippen LogP contribution in [0.3, 0.4) is 0 Å². The van der Waals surface area contributed by atoms with Crippen LogP contribution in [-0.2, 0) is 12.8 Å². The average molecular weight is 545 g/mol. The smallest absolute Gasteiger partial charge is 0.00827 e. The van der Waals surface area contributed by atoms with Crippen molar-refractivity contribution < 1.29 is 0 Å². The average Bonchev–Trinajstić information content (AvgIpc) is 3.62. The summed E-state index contributed by atoms with van der Waals surface area (Å²) >= 11 is 0. The maximum absolute atomic E-state index is 4.64. The molecule has 2 bridgehead atoms. The van der Waals surface area contributed by atoms with Crippen LogP contribution in [0.5, 0.6) is 0 Å². The molecular formula is C41H52. The summed E-state index contributed by atoms with van der Waals surface area (Å²) in [4.78, 5) is 0. The lowest BCUT2D eigenvalue weighted by Crippen LogP contribution is -2.22. The van der Waals surface area contributed by atoms with Gasteiger partial charge < -0.3 is 0 Å². The Hall–Kier alpha value is -2.60. The summed E-state index contributed by atoms with van der Waals surface area (Å²) in [6.07, 6.45) is 17.4. The molecule has 41 heavy (non-hydrogen) atoms. The van der Waals surface area contributed by atoms with E-state index in [1.54, 1.807) is 5.56 Å². The first-order chi connectivity index (χ1) is 19.5. The van der Waals surface area contributed by atoms with Gasteiger partial charge in [-0.1, -0.05) is 113 Å². The second-order valence-corrected chi connectivity index (χ2v) is 15.5. The first kappa shape index (κ1) is 28.5. The molecule has 0 radical (unpaired) electrons. The van der Waals surface area contributed by atoms with Gasteiger partial charge >= 0.3 is 0 Å². The van der Waals surface area contributed by atoms with E-state index in [0.29, 0.717) is 11.8 Å². The highest BCUT2D eigenvalue weighted by atomic mass is 14.5. The summed E-state index contributed by atoms with van der Waals surface area (Å²) in [6, 6.07) is 12.0. The minimum absolute atomic E-state index is 0.290. The van der Waals surface area contributed by atoms with E-state index in [2.05, 4.69) is 103 Å². The first-order valence-corrected chi connectivity index (χ1v) is 16.5. The minimum atomic E-state index is 0.290. The molecule has 0 nitrogen and oxygen atoms in total. The van der Waals surface area contributed by atoms with Crippen LogP contribution in [0.4, 0.5) is 0 Å². The van der Waals surface area contributed by atoms with Crippen LogP contribution >= 0.6 is 0 Å². The van der Waals surface area contributed by atoms with Crippen molar-refractivity contribution in [3.8, 4) is 11.1 Å². The van der Waals surface area contributed by atoms with Crippen LogP contribution in [0.25, 0.3) is 17.2 Å². The highest BCUT2D eigenvalue weighted by Crippen LogP contribution is 2.54. The summed E-state index contributed by atoms with van der Waals surface area (Å²) in [5.41, 5.74) is 14.8. The van der Waals surface area contributed by atoms with E-state index in [-0.39, 0.29) is 5.41 Å². The van der Waals surface area contributed by atoms with Gasteiger partial charge in [-0.2, -0.15) is 0 Å². The summed E-state index contributed by atoms with van der Waals surface area (Å²) < 4.78 is 0. The predicted molar refractivity (Wildman–Crippen MR) is 178 cm³/mol. The topological polar surface area (TPSA) is 0 Å². The molecule has 6 rings (SSSR count). The van der Waals surface area contributed by atoms with Crippen LogP contribution in [-0.4, -0.2) is 0 Å². The number of rotatable bonds is 7. The van der Waals surface area contributed by atoms with Crippen LogP contribution < -0.4 is 0 Å². The molecule has 3 unspecified atom stereocenters. The number of hydrogen-bond donors (Lipinski definition) is 0. The third-order valence-electron chi connectivity index (χ3n) is 11.2. The van der Waals surface area contributed by atoms with Crippen molar-refractivity contribution in [2.24, 2.45) is 40.9 Å². The van der Waals surface area contributed by atoms with Crippen molar-refractivity contribution in [2.75, 3.05) is 0 Å². The zero-order valence-electron chi connectivity index (χ0n) is 26.7. The Morgan fingerprint density at radius 2 is 1.71 bits per heavy atom. The highest BCUT2D eigenvalue weighted by Gasteiger charge is 2.45. The van der Waals surface area contributed by atoms with Crippen LogP contribution in [0.15, 0.2) is 72.4 Å². The van der Waals surface area contributed by atoms with Gasteiger partial charge in [-0.25, -0.2) is 0 Å². The third kappa shape index (κ3) is 5.61. The Morgan fingerprint density at radius 3 is 2.44 bits per heavy atom. The van der Waals surface area contributed by atoms with Crippen molar-refractivity contribution in [2.45, 2.75) is 92.9 Å². The van der Waals surface area contributed by atoms with Crippen molar-refractivity contribution in [3.05, 3.63) is 100 Å². The zero-order chi connectivity index (χ0) is 29.1. The molecule has 0 heteroatoms. The molecule has 4 aliphatic rings. The highest BCUT2D eigenvalue weighted by molar-refractivity contribution is 5.80. The predicted octanol–water partition coefficient (Wildman–Crippen LogP) is 11.3. The number of allylic oxidation sites excluding steroid dienone is 5. The molecule has 216 valence electrons. The summed E-state index contributed by atoms with van der Waals surface area (Å²) in [7, 11) is 0. The molecule has 0 spiro atoms. The van der Waals surface area contributed by atoms with Crippen LogP contribution in [0.2, 0.25) is 0 Å². The Kier molecular flexibility index (Phi) is 7.59. The molecule has 0 saturated heterocycles. The lowest BCUT2D eigenvalue weighted by Gasteiger charge is -2.33. The van der Waals surface area contributed by atoms with Gasteiger partial charge in [0.1, 0.15) is 0 Å². The van der Waals surface area contributed by atoms with Crippen LogP contribution in [0, 0.1) is 54.8 Å². The standard InChI is InChI=1S/C41H52/c1-9-31-17-29-19-34(38(31)21-29)23-37-27(4)15-25(2)16-40(37)35-12-10-11-32-18-30(22-39(32)35)20-36-26(3)13-14-33(28(36)5)24-41(6,7)8/h10-16,18,29,31,33-34,36,38H,3,5,9,17,19-24H2,1-2,4,6-8H3/t29-,31?,33?,34+,36?,38+/m1/s1. The molecule has 0 amide bonds. The Morgan fingerprint density at radius 1 is 0.927 bits per heavy atom. The SMILES string of the molecule is C=C1C=CC(CC(C)(C)C)C(=C)C1CC1=Cc2cccc(-c3cc(C)cc(C)c3C[C@@H]3C[C@H]4CC(CC)[C@@H]3C4)c2C1. The summed E-state index contributed by atoms with van der Waals surface area (Å²) in [5.74, 6) is 4.54. The third-order valence-corrected chi connectivity index (χ3v) is 11.2. The van der Waals surface area contributed by atoms with Gasteiger partial charge in [0, 0.05) is 5.92 Å². The van der Waals surface area contributed by atoms with Gasteiger partial charge in [-0.15, -0.1) is 0 Å². The van der Waals surface area contributed by atoms with E-state index in [1.165, 1.54) is 82.2 Å². The molecule has 4 aliphatic carbocycles. The van der Waals surface area contributed by atoms with Crippen molar-refractivity contribution in [1.82, 2.24) is 0 Å². The molecular weight excluding hydrogens is 492 g/mol. The maximum atomic E-state index is 4.64. The molecule has 2 aromatic carbocycles. The Labute approximate surface area is 250 Å². The molecule has 0 aromatic heterocycles. The van der Waals surface area contributed by atoms with Gasteiger partial charge in [-0.05, 0) is 133 Å². The molecule has 0 heterocycles. The quantitative estimate of drug-likeness (QED) is 0.304. The fourth-order valence-corrected chi connectivity index (χ4v) is 9.30. The van der Waals surface area contributed by atoms with E-state index in [4.69, 9.17) is 0 Å². The summed E-state index contributed by atoms with van der Waals surface area (Å²) in [6.45, 7) is 23.2. The van der Waals surface area contributed by atoms with Crippen molar-refractivity contribution in [3.63, 3.8) is 0 Å². The van der Waals surface area contributed by atoms with Gasteiger partial charge in [0.25, 0.3) is 0 Å². The van der Waals surface area contributed by atoms with Crippen LogP contribution in [0.1, 0.15) is 94.0 Å². The second-order valence-electron chi connectivity index (χ2n) is 15.5. The number of aryl methyl sites for hydroxylation is 2. The molecule has 0 aliphatic heterocycles. The van der Waals surface area contributed by atoms with Gasteiger partial charge in [-0.3, -0.25) is 0 Å². The number of hydrogen-bond acceptors (Lipinski definition) is 0. The maximum Gasteiger partial charge on any atom is 0.00827 e. The number of fused-ring (bicyclic) bond motifs is 3. The Bertz CT molecular complexity index is 1420. The van der Waals surface area contributed by atoms with Gasteiger partial charge in [0.05, 0.1) is 0 Å². The molecule has 6 atom stereocenters. The lowest BCUT2D eigenvalue weighted by atomic mass is 9.71. The van der Waals surface area contributed by atoms with E-state index in [1.807, 2.05) is 0 Å². The fourth-order valence-electron chi connectivity index (χ4n) is 9.30. The van der Waals surface area contributed by atoms with Crippen molar-refractivity contribution >= 4 is 6.08 Å². The molecule has 2 aromatic rings. The fraction of sp³-hybridized carbons (Fsp3) is 0.512. The Balaban J connectivity index is 1.26. The normalized spacial score (nSPS) is 28.9. The summed E-state index contributed by atoms with van der Waals surface area (Å²) in [5, 5.41) is 0. The molecule has 2 fully saturated rings. The zero-order valence-corrected chi connectivity index (χ0v) is 26.7. The van der Waals surface area contributed by atoms with E-state index in [9.17, 15) is 0 Å². The van der Waals surface area contributed by atoms with E-state index >= 15 is 0 Å². The van der Waals surface area contributed by atoms with E-state index in [0.717, 1.165) is 42.9 Å². The monoisotopic (exact) mass is 544 g/mol.